The SMILES string of the molecule is CNC(=O)[C@]1(c2ccccn2)CCCN(CC(=O)Nc2ccc(N3CCCCCC3)cc2)C1. The number of aromatic nitrogens is 1. The molecule has 2 saturated heterocycles. The van der Waals surface area contributed by atoms with Gasteiger partial charge < -0.3 is 15.5 Å². The second kappa shape index (κ2) is 10.8. The minimum absolute atomic E-state index is 0.0459. The number of hydrogen-bond donors (Lipinski definition) is 2. The quantitative estimate of drug-likeness (QED) is 0.708. The van der Waals surface area contributed by atoms with Crippen molar-refractivity contribution in [3.63, 3.8) is 0 Å². The highest BCUT2D eigenvalue weighted by atomic mass is 16.2. The van der Waals surface area contributed by atoms with Gasteiger partial charge in [-0.15, -0.1) is 0 Å². The molecule has 0 unspecified atom stereocenters. The monoisotopic (exact) mass is 449 g/mol. The Morgan fingerprint density at radius 2 is 1.73 bits per heavy atom. The Bertz CT molecular complexity index is 925. The predicted molar refractivity (Wildman–Crippen MR) is 131 cm³/mol. The average Bonchev–Trinajstić information content (AvgIpc) is 3.14. The van der Waals surface area contributed by atoms with Crippen LogP contribution in [0.2, 0.25) is 0 Å². The maximum atomic E-state index is 12.9. The minimum atomic E-state index is -0.733. The normalized spacial score (nSPS) is 21.8. The first-order chi connectivity index (χ1) is 16.1. The Morgan fingerprint density at radius 3 is 2.39 bits per heavy atom. The summed E-state index contributed by atoms with van der Waals surface area (Å²) in [7, 11) is 1.66. The number of piperidine rings is 1. The molecule has 0 bridgehead atoms. The van der Waals surface area contributed by atoms with Crippen molar-refractivity contribution in [2.45, 2.75) is 43.9 Å². The van der Waals surface area contributed by atoms with Gasteiger partial charge >= 0.3 is 0 Å². The molecule has 3 heterocycles. The number of benzene rings is 1. The molecule has 1 aromatic heterocycles. The second-order valence-corrected chi connectivity index (χ2v) is 9.19. The Morgan fingerprint density at radius 1 is 0.970 bits per heavy atom. The topological polar surface area (TPSA) is 77.6 Å². The largest absolute Gasteiger partial charge is 0.372 e. The molecule has 33 heavy (non-hydrogen) atoms. The third kappa shape index (κ3) is 5.53. The predicted octanol–water partition coefficient (Wildman–Crippen LogP) is 3.18. The molecule has 1 atom stereocenters. The summed E-state index contributed by atoms with van der Waals surface area (Å²) < 4.78 is 0. The second-order valence-electron chi connectivity index (χ2n) is 9.19. The van der Waals surface area contributed by atoms with Crippen LogP contribution in [0.25, 0.3) is 0 Å². The Labute approximate surface area is 196 Å². The molecule has 2 N–H and O–H groups in total. The average molecular weight is 450 g/mol. The summed E-state index contributed by atoms with van der Waals surface area (Å²) in [5, 5.41) is 5.84. The summed E-state index contributed by atoms with van der Waals surface area (Å²) in [6.45, 7) is 3.71. The van der Waals surface area contributed by atoms with Crippen molar-refractivity contribution in [1.29, 1.82) is 0 Å². The van der Waals surface area contributed by atoms with E-state index in [4.69, 9.17) is 0 Å². The fourth-order valence-corrected chi connectivity index (χ4v) is 5.16. The molecule has 2 aliphatic heterocycles. The molecule has 1 aromatic carbocycles. The number of likely N-dealkylation sites (tertiary alicyclic amines) is 1. The van der Waals surface area contributed by atoms with E-state index in [-0.39, 0.29) is 18.4 Å². The van der Waals surface area contributed by atoms with Gasteiger partial charge in [0.1, 0.15) is 5.41 Å². The van der Waals surface area contributed by atoms with E-state index >= 15 is 0 Å². The number of carbonyl (C=O) groups excluding carboxylic acids is 2. The highest BCUT2D eigenvalue weighted by molar-refractivity contribution is 5.93. The Kier molecular flexibility index (Phi) is 7.60. The molecular weight excluding hydrogens is 414 g/mol. The summed E-state index contributed by atoms with van der Waals surface area (Å²) in [6.07, 6.45) is 8.38. The highest BCUT2D eigenvalue weighted by Gasteiger charge is 2.44. The van der Waals surface area contributed by atoms with Crippen LogP contribution in [-0.4, -0.2) is 61.5 Å². The third-order valence-electron chi connectivity index (χ3n) is 6.88. The highest BCUT2D eigenvalue weighted by Crippen LogP contribution is 2.33. The van der Waals surface area contributed by atoms with Crippen molar-refractivity contribution in [1.82, 2.24) is 15.2 Å². The molecule has 2 aliphatic rings. The summed E-state index contributed by atoms with van der Waals surface area (Å²) in [5.74, 6) is -0.110. The van der Waals surface area contributed by atoms with Crippen molar-refractivity contribution in [3.05, 3.63) is 54.4 Å². The van der Waals surface area contributed by atoms with E-state index in [9.17, 15) is 9.59 Å². The van der Waals surface area contributed by atoms with Crippen LogP contribution in [0.15, 0.2) is 48.7 Å². The molecule has 0 aliphatic carbocycles. The van der Waals surface area contributed by atoms with Crippen LogP contribution >= 0.6 is 0 Å². The summed E-state index contributed by atoms with van der Waals surface area (Å²) in [4.78, 5) is 34.7. The molecule has 176 valence electrons. The number of nitrogens with one attached hydrogen (secondary N) is 2. The van der Waals surface area contributed by atoms with Crippen LogP contribution in [0.4, 0.5) is 11.4 Å². The van der Waals surface area contributed by atoms with E-state index in [2.05, 4.69) is 37.6 Å². The van der Waals surface area contributed by atoms with Crippen LogP contribution in [0.3, 0.4) is 0 Å². The van der Waals surface area contributed by atoms with E-state index < -0.39 is 5.41 Å². The number of nitrogens with zero attached hydrogens (tertiary/aromatic N) is 3. The fourth-order valence-electron chi connectivity index (χ4n) is 5.16. The van der Waals surface area contributed by atoms with Gasteiger partial charge in [0.15, 0.2) is 0 Å². The lowest BCUT2D eigenvalue weighted by Gasteiger charge is -2.40. The lowest BCUT2D eigenvalue weighted by atomic mass is 9.75. The molecule has 0 spiro atoms. The lowest BCUT2D eigenvalue weighted by molar-refractivity contribution is -0.130. The number of rotatable bonds is 6. The van der Waals surface area contributed by atoms with Crippen molar-refractivity contribution in [2.24, 2.45) is 0 Å². The molecule has 4 rings (SSSR count). The number of anilines is 2. The summed E-state index contributed by atoms with van der Waals surface area (Å²) in [5.41, 5.74) is 2.05. The smallest absolute Gasteiger partial charge is 0.238 e. The minimum Gasteiger partial charge on any atom is -0.372 e. The van der Waals surface area contributed by atoms with Gasteiger partial charge in [-0.1, -0.05) is 18.9 Å². The number of likely N-dealkylation sites (N-methyl/N-ethyl adjacent to an activating group) is 1. The van der Waals surface area contributed by atoms with Gasteiger partial charge in [0.25, 0.3) is 0 Å². The summed E-state index contributed by atoms with van der Waals surface area (Å²) in [6, 6.07) is 13.8. The number of carbonyl (C=O) groups is 2. The first-order valence-corrected chi connectivity index (χ1v) is 12.1. The van der Waals surface area contributed by atoms with Crippen LogP contribution in [0, 0.1) is 0 Å². The maximum Gasteiger partial charge on any atom is 0.238 e. The van der Waals surface area contributed by atoms with E-state index in [0.29, 0.717) is 6.54 Å². The Hall–Kier alpha value is -2.93. The van der Waals surface area contributed by atoms with Crippen LogP contribution in [0.5, 0.6) is 0 Å². The van der Waals surface area contributed by atoms with Crippen LogP contribution in [-0.2, 0) is 15.0 Å². The van der Waals surface area contributed by atoms with E-state index in [0.717, 1.165) is 43.9 Å². The Balaban J connectivity index is 1.38. The molecule has 2 amide bonds. The zero-order chi connectivity index (χ0) is 23.1. The zero-order valence-corrected chi connectivity index (χ0v) is 19.6. The number of hydrogen-bond acceptors (Lipinski definition) is 5. The standard InChI is InChI=1S/C26H35N5O2/c1-27-25(33)26(23-9-4-5-15-28-23)14-8-16-30(20-26)19-24(32)29-21-10-12-22(13-11-21)31-17-6-2-3-7-18-31/h4-5,9-13,15H,2-3,6-8,14,16-20H2,1H3,(H,27,33)(H,29,32)/t26-/m1/s1. The maximum absolute atomic E-state index is 12.9. The van der Waals surface area contributed by atoms with E-state index in [1.807, 2.05) is 30.3 Å². The van der Waals surface area contributed by atoms with Crippen molar-refractivity contribution >= 4 is 23.2 Å². The molecule has 2 aromatic rings. The molecular formula is C26H35N5O2. The van der Waals surface area contributed by atoms with Gasteiger partial charge in [0, 0.05) is 44.3 Å². The molecule has 0 radical (unpaired) electrons. The van der Waals surface area contributed by atoms with E-state index in [1.54, 1.807) is 13.2 Å². The first kappa shape index (κ1) is 23.2. The van der Waals surface area contributed by atoms with Gasteiger partial charge in [-0.2, -0.15) is 0 Å². The molecule has 7 heteroatoms. The van der Waals surface area contributed by atoms with Crippen LogP contribution < -0.4 is 15.5 Å². The van der Waals surface area contributed by atoms with Crippen molar-refractivity contribution in [3.8, 4) is 0 Å². The number of amides is 2. The first-order valence-electron chi connectivity index (χ1n) is 12.1. The number of pyridine rings is 1. The molecule has 7 nitrogen and oxygen atoms in total. The summed E-state index contributed by atoms with van der Waals surface area (Å²) >= 11 is 0. The van der Waals surface area contributed by atoms with Gasteiger partial charge in [-0.3, -0.25) is 19.5 Å². The van der Waals surface area contributed by atoms with Crippen LogP contribution in [0.1, 0.15) is 44.2 Å². The zero-order valence-electron chi connectivity index (χ0n) is 19.6. The van der Waals surface area contributed by atoms with E-state index in [1.165, 1.54) is 31.4 Å². The van der Waals surface area contributed by atoms with Gasteiger partial charge in [-0.05, 0) is 68.6 Å². The van der Waals surface area contributed by atoms with Gasteiger partial charge in [-0.25, -0.2) is 0 Å². The van der Waals surface area contributed by atoms with Gasteiger partial charge in [0.2, 0.25) is 11.8 Å². The molecule has 0 saturated carbocycles. The molecule has 2 fully saturated rings. The van der Waals surface area contributed by atoms with Crippen molar-refractivity contribution < 1.29 is 9.59 Å². The third-order valence-corrected chi connectivity index (χ3v) is 6.88. The fraction of sp³-hybridized carbons (Fsp3) is 0.500. The van der Waals surface area contributed by atoms with Gasteiger partial charge in [0.05, 0.1) is 12.2 Å². The van der Waals surface area contributed by atoms with Crippen molar-refractivity contribution in [2.75, 3.05) is 50.0 Å². The lowest BCUT2D eigenvalue weighted by Crippen LogP contribution is -2.55.